The fourth-order valence-electron chi connectivity index (χ4n) is 3.83. The topological polar surface area (TPSA) is 60.2 Å². The molecule has 1 aromatic carbocycles. The van der Waals surface area contributed by atoms with Crippen molar-refractivity contribution in [1.29, 1.82) is 0 Å². The summed E-state index contributed by atoms with van der Waals surface area (Å²) in [5, 5.41) is 5.21. The molecule has 6 nitrogen and oxygen atoms in total. The largest absolute Gasteiger partial charge is 0.462 e. The molecule has 0 N–H and O–H groups in total. The Labute approximate surface area is 164 Å². The predicted molar refractivity (Wildman–Crippen MR) is 110 cm³/mol. The molecule has 6 heteroatoms. The van der Waals surface area contributed by atoms with Gasteiger partial charge in [-0.1, -0.05) is 30.3 Å². The summed E-state index contributed by atoms with van der Waals surface area (Å²) in [5.41, 5.74) is 6.05. The van der Waals surface area contributed by atoms with Crippen molar-refractivity contribution in [2.24, 2.45) is 7.05 Å². The van der Waals surface area contributed by atoms with E-state index in [4.69, 9.17) is 4.74 Å². The number of carbonyl (C=O) groups excluding carboxylic acids is 1. The molecule has 0 fully saturated rings. The molecule has 144 valence electrons. The van der Waals surface area contributed by atoms with Crippen molar-refractivity contribution in [1.82, 2.24) is 14.8 Å². The summed E-state index contributed by atoms with van der Waals surface area (Å²) in [4.78, 5) is 19.2. The summed E-state index contributed by atoms with van der Waals surface area (Å²) >= 11 is 0. The molecule has 0 spiro atoms. The lowest BCUT2D eigenvalue weighted by atomic mass is 9.95. The van der Waals surface area contributed by atoms with Crippen molar-refractivity contribution < 1.29 is 9.53 Å². The SMILES string of the molecule is CCOC(=O)c1cnc2c(cnn2C)c1N1CC=C(c2ccccc2C)CC1. The summed E-state index contributed by atoms with van der Waals surface area (Å²) < 4.78 is 7.00. The number of hydrogen-bond donors (Lipinski definition) is 0. The van der Waals surface area contributed by atoms with Crippen molar-refractivity contribution in [2.45, 2.75) is 20.3 Å². The molecule has 3 heterocycles. The van der Waals surface area contributed by atoms with Gasteiger partial charge in [0, 0.05) is 26.3 Å². The lowest BCUT2D eigenvalue weighted by molar-refractivity contribution is 0.0527. The van der Waals surface area contributed by atoms with E-state index in [1.807, 2.05) is 14.0 Å². The van der Waals surface area contributed by atoms with Crippen LogP contribution in [-0.2, 0) is 11.8 Å². The number of nitrogens with zero attached hydrogens (tertiary/aromatic N) is 4. The number of esters is 1. The first-order valence-corrected chi connectivity index (χ1v) is 9.58. The second-order valence-electron chi connectivity index (χ2n) is 6.99. The van der Waals surface area contributed by atoms with Crippen LogP contribution in [0, 0.1) is 6.92 Å². The van der Waals surface area contributed by atoms with Gasteiger partial charge in [0.2, 0.25) is 0 Å². The van der Waals surface area contributed by atoms with Crippen LogP contribution in [0.1, 0.15) is 34.8 Å². The molecule has 0 unspecified atom stereocenters. The molecule has 4 rings (SSSR count). The van der Waals surface area contributed by atoms with Gasteiger partial charge in [-0.15, -0.1) is 0 Å². The standard InChI is InChI=1S/C22H24N4O2/c1-4-28-22(27)19-13-23-21-18(14-24-25(21)3)20(19)26-11-9-16(10-12-26)17-8-6-5-7-15(17)2/h5-9,13-14H,4,10-12H2,1-3H3. The van der Waals surface area contributed by atoms with Gasteiger partial charge in [0.25, 0.3) is 0 Å². The number of rotatable bonds is 4. The molecule has 0 saturated heterocycles. The monoisotopic (exact) mass is 376 g/mol. The van der Waals surface area contributed by atoms with E-state index >= 15 is 0 Å². The number of aromatic nitrogens is 3. The fraction of sp³-hybridized carbons (Fsp3) is 0.318. The number of fused-ring (bicyclic) bond motifs is 1. The Balaban J connectivity index is 1.74. The number of anilines is 1. The van der Waals surface area contributed by atoms with E-state index in [2.05, 4.69) is 52.2 Å². The highest BCUT2D eigenvalue weighted by molar-refractivity contribution is 6.04. The van der Waals surface area contributed by atoms with Crippen LogP contribution >= 0.6 is 0 Å². The minimum Gasteiger partial charge on any atom is -0.462 e. The predicted octanol–water partition coefficient (Wildman–Crippen LogP) is 3.75. The van der Waals surface area contributed by atoms with Gasteiger partial charge in [-0.05, 0) is 37.0 Å². The average Bonchev–Trinajstić information content (AvgIpc) is 3.09. The quantitative estimate of drug-likeness (QED) is 0.649. The van der Waals surface area contributed by atoms with Crippen LogP contribution in [0.5, 0.6) is 0 Å². The van der Waals surface area contributed by atoms with Crippen molar-refractivity contribution >= 4 is 28.3 Å². The maximum Gasteiger partial charge on any atom is 0.341 e. The van der Waals surface area contributed by atoms with Gasteiger partial charge in [-0.3, -0.25) is 4.68 Å². The van der Waals surface area contributed by atoms with Gasteiger partial charge in [0.15, 0.2) is 5.65 Å². The Kier molecular flexibility index (Phi) is 4.86. The number of benzene rings is 1. The summed E-state index contributed by atoms with van der Waals surface area (Å²) in [6.07, 6.45) is 6.56. The lowest BCUT2D eigenvalue weighted by Crippen LogP contribution is -2.30. The zero-order valence-corrected chi connectivity index (χ0v) is 16.5. The molecular formula is C22H24N4O2. The van der Waals surface area contributed by atoms with Crippen molar-refractivity contribution in [2.75, 3.05) is 24.6 Å². The van der Waals surface area contributed by atoms with Crippen LogP contribution in [0.25, 0.3) is 16.6 Å². The molecular weight excluding hydrogens is 352 g/mol. The first kappa shape index (κ1) is 18.2. The summed E-state index contributed by atoms with van der Waals surface area (Å²) in [6, 6.07) is 8.46. The molecule has 28 heavy (non-hydrogen) atoms. The van der Waals surface area contributed by atoms with E-state index in [0.717, 1.165) is 36.2 Å². The van der Waals surface area contributed by atoms with Crippen LogP contribution in [0.3, 0.4) is 0 Å². The Morgan fingerprint density at radius 3 is 2.79 bits per heavy atom. The van der Waals surface area contributed by atoms with E-state index in [9.17, 15) is 4.79 Å². The van der Waals surface area contributed by atoms with E-state index in [1.54, 1.807) is 17.1 Å². The van der Waals surface area contributed by atoms with Gasteiger partial charge in [-0.25, -0.2) is 9.78 Å². The van der Waals surface area contributed by atoms with Gasteiger partial charge < -0.3 is 9.64 Å². The highest BCUT2D eigenvalue weighted by Crippen LogP contribution is 2.34. The number of ether oxygens (including phenoxy) is 1. The lowest BCUT2D eigenvalue weighted by Gasteiger charge is -2.30. The molecule has 0 aliphatic carbocycles. The average molecular weight is 376 g/mol. The maximum atomic E-state index is 12.6. The minimum atomic E-state index is -0.343. The van der Waals surface area contributed by atoms with E-state index in [0.29, 0.717) is 12.2 Å². The molecule has 0 saturated carbocycles. The molecule has 0 atom stereocenters. The molecule has 1 aliphatic heterocycles. The van der Waals surface area contributed by atoms with E-state index < -0.39 is 0 Å². The number of pyridine rings is 1. The van der Waals surface area contributed by atoms with Gasteiger partial charge in [0.05, 0.1) is 23.9 Å². The van der Waals surface area contributed by atoms with Crippen LogP contribution in [0.15, 0.2) is 42.7 Å². The van der Waals surface area contributed by atoms with Crippen LogP contribution < -0.4 is 4.90 Å². The first-order chi connectivity index (χ1) is 13.6. The van der Waals surface area contributed by atoms with Gasteiger partial charge in [0.1, 0.15) is 5.56 Å². The highest BCUT2D eigenvalue weighted by Gasteiger charge is 2.24. The van der Waals surface area contributed by atoms with Crippen molar-refractivity contribution in [3.05, 3.63) is 59.4 Å². The number of hydrogen-bond acceptors (Lipinski definition) is 5. The molecule has 3 aromatic rings. The molecule has 2 aromatic heterocycles. The third-order valence-electron chi connectivity index (χ3n) is 5.25. The molecule has 0 amide bonds. The Morgan fingerprint density at radius 2 is 2.07 bits per heavy atom. The van der Waals surface area contributed by atoms with Gasteiger partial charge >= 0.3 is 5.97 Å². The minimum absolute atomic E-state index is 0.334. The Hall–Kier alpha value is -3.15. The highest BCUT2D eigenvalue weighted by atomic mass is 16.5. The second kappa shape index (κ2) is 7.46. The zero-order valence-electron chi connectivity index (χ0n) is 16.5. The summed E-state index contributed by atoms with van der Waals surface area (Å²) in [6.45, 7) is 5.83. The first-order valence-electron chi connectivity index (χ1n) is 9.58. The summed E-state index contributed by atoms with van der Waals surface area (Å²) in [5.74, 6) is -0.343. The van der Waals surface area contributed by atoms with Gasteiger partial charge in [-0.2, -0.15) is 5.10 Å². The Bertz CT molecular complexity index is 1070. The fourth-order valence-corrected chi connectivity index (χ4v) is 3.83. The third kappa shape index (κ3) is 3.15. The van der Waals surface area contributed by atoms with Crippen LogP contribution in [0.4, 0.5) is 5.69 Å². The number of carbonyl (C=O) groups is 1. The molecule has 1 aliphatic rings. The Morgan fingerprint density at radius 1 is 1.25 bits per heavy atom. The van der Waals surface area contributed by atoms with Crippen molar-refractivity contribution in [3.8, 4) is 0 Å². The van der Waals surface area contributed by atoms with Crippen LogP contribution in [0.2, 0.25) is 0 Å². The number of aryl methyl sites for hydroxylation is 2. The smallest absolute Gasteiger partial charge is 0.341 e. The third-order valence-corrected chi connectivity index (χ3v) is 5.25. The normalized spacial score (nSPS) is 14.2. The maximum absolute atomic E-state index is 12.6. The second-order valence-corrected chi connectivity index (χ2v) is 6.99. The van der Waals surface area contributed by atoms with Crippen LogP contribution in [-0.4, -0.2) is 40.4 Å². The van der Waals surface area contributed by atoms with E-state index in [1.165, 1.54) is 16.7 Å². The van der Waals surface area contributed by atoms with E-state index in [-0.39, 0.29) is 5.97 Å². The van der Waals surface area contributed by atoms with Crippen molar-refractivity contribution in [3.63, 3.8) is 0 Å². The summed E-state index contributed by atoms with van der Waals surface area (Å²) in [7, 11) is 1.86. The zero-order chi connectivity index (χ0) is 19.7. The molecule has 0 bridgehead atoms. The molecule has 0 radical (unpaired) electrons.